The molecule has 4 N–H and O–H groups in total. The van der Waals surface area contributed by atoms with Crippen molar-refractivity contribution in [2.24, 2.45) is 5.10 Å². The van der Waals surface area contributed by atoms with Crippen LogP contribution in [0, 0.1) is 5.41 Å². The Kier molecular flexibility index (Phi) is 9.41. The molecule has 4 rings (SSSR count). The van der Waals surface area contributed by atoms with Crippen LogP contribution >= 0.6 is 0 Å². The molecule has 1 aliphatic rings. The third-order valence-electron chi connectivity index (χ3n) is 6.19. The zero-order chi connectivity index (χ0) is 26.8. The molecule has 1 aromatic heterocycles. The highest BCUT2D eigenvalue weighted by atomic mass is 32.2. The van der Waals surface area contributed by atoms with Gasteiger partial charge in [0, 0.05) is 29.4 Å². The Morgan fingerprint density at radius 1 is 1.16 bits per heavy atom. The summed E-state index contributed by atoms with van der Waals surface area (Å²) >= 11 is 0. The minimum Gasteiger partial charge on any atom is -0.497 e. The maximum absolute atomic E-state index is 13.0. The minimum atomic E-state index is -2.57. The molecule has 2 heterocycles. The van der Waals surface area contributed by atoms with Crippen molar-refractivity contribution in [3.05, 3.63) is 66.0 Å². The number of anilines is 3. The second kappa shape index (κ2) is 13.1. The molecule has 0 bridgehead atoms. The van der Waals surface area contributed by atoms with Crippen LogP contribution in [0.15, 0.2) is 64.9 Å². The van der Waals surface area contributed by atoms with Gasteiger partial charge in [-0.3, -0.25) is 5.43 Å². The molecule has 1 saturated heterocycles. The van der Waals surface area contributed by atoms with Crippen LogP contribution in [0.3, 0.4) is 0 Å². The fourth-order valence-electron chi connectivity index (χ4n) is 4.13. The predicted molar refractivity (Wildman–Crippen MR) is 156 cm³/mol. The molecule has 1 aliphatic heterocycles. The van der Waals surface area contributed by atoms with E-state index in [0.29, 0.717) is 34.4 Å². The number of aromatic nitrogens is 2. The van der Waals surface area contributed by atoms with Crippen molar-refractivity contribution >= 4 is 45.3 Å². The van der Waals surface area contributed by atoms with E-state index in [0.717, 1.165) is 30.4 Å². The Bertz CT molecular complexity index is 1350. The molecular weight excluding hydrogens is 500 g/mol. The number of likely N-dealkylation sites (tertiary alicyclic amines) is 1. The summed E-state index contributed by atoms with van der Waals surface area (Å²) in [7, 11) is -0.963. The molecule has 10 nitrogen and oxygen atoms in total. The molecule has 0 aliphatic carbocycles. The first-order valence-electron chi connectivity index (χ1n) is 12.5. The van der Waals surface area contributed by atoms with Crippen molar-refractivity contribution in [2.45, 2.75) is 24.2 Å². The maximum Gasteiger partial charge on any atom is 0.160 e. The molecule has 11 heteroatoms. The van der Waals surface area contributed by atoms with E-state index < -0.39 is 9.71 Å². The van der Waals surface area contributed by atoms with Crippen molar-refractivity contribution in [2.75, 3.05) is 44.0 Å². The van der Waals surface area contributed by atoms with Crippen LogP contribution in [0.2, 0.25) is 0 Å². The van der Waals surface area contributed by atoms with Gasteiger partial charge in [0.25, 0.3) is 0 Å². The van der Waals surface area contributed by atoms with Crippen LogP contribution in [0.25, 0.3) is 0 Å². The van der Waals surface area contributed by atoms with Crippen LogP contribution < -0.4 is 20.2 Å². The highest BCUT2D eigenvalue weighted by Crippen LogP contribution is 2.24. The number of nitrogens with one attached hydrogen (secondary N) is 4. The number of methoxy groups -OCH3 is 1. The summed E-state index contributed by atoms with van der Waals surface area (Å²) in [4.78, 5) is 11.6. The Hall–Kier alpha value is -3.80. The second-order valence-corrected chi connectivity index (χ2v) is 11.0. The number of hydrogen-bond acceptors (Lipinski definition) is 9. The van der Waals surface area contributed by atoms with E-state index in [4.69, 9.17) is 10.1 Å². The summed E-state index contributed by atoms with van der Waals surface area (Å²) in [6, 6.07) is 14.7. The maximum atomic E-state index is 13.0. The normalized spacial score (nSPS) is 15.3. The van der Waals surface area contributed by atoms with Crippen molar-refractivity contribution < 1.29 is 8.95 Å². The van der Waals surface area contributed by atoms with Gasteiger partial charge in [-0.2, -0.15) is 5.10 Å². The molecule has 0 saturated carbocycles. The molecular formula is C27H34N8O2S. The van der Waals surface area contributed by atoms with E-state index in [1.54, 1.807) is 25.5 Å². The molecule has 38 heavy (non-hydrogen) atoms. The molecule has 3 aromatic rings. The molecule has 0 spiro atoms. The van der Waals surface area contributed by atoms with E-state index in [9.17, 15) is 4.21 Å². The second-order valence-electron chi connectivity index (χ2n) is 8.90. The zero-order valence-electron chi connectivity index (χ0n) is 21.5. The monoisotopic (exact) mass is 534 g/mol. The third-order valence-corrected chi connectivity index (χ3v) is 7.89. The Labute approximate surface area is 224 Å². The van der Waals surface area contributed by atoms with Crippen molar-refractivity contribution in [3.63, 3.8) is 0 Å². The molecule has 0 radical (unpaired) electrons. The average molecular weight is 535 g/mol. The molecule has 1 fully saturated rings. The van der Waals surface area contributed by atoms with Crippen LogP contribution in [0.4, 0.5) is 17.3 Å². The molecule has 1 atom stereocenters. The lowest BCUT2D eigenvalue weighted by atomic mass is 10.2. The first-order chi connectivity index (χ1) is 18.5. The SMILES string of the molecule is C=S(=O)(NCCCN1CCCC1)c1ccc(/C=N/Nc2ncnc(Nc3cccc(OC)c3)c2C=N)cc1. The third kappa shape index (κ3) is 7.37. The van der Waals surface area contributed by atoms with Gasteiger partial charge in [-0.05, 0) is 74.6 Å². The van der Waals surface area contributed by atoms with E-state index in [-0.39, 0.29) is 0 Å². The summed E-state index contributed by atoms with van der Waals surface area (Å²) < 4.78 is 21.4. The van der Waals surface area contributed by atoms with Gasteiger partial charge in [-0.1, -0.05) is 18.2 Å². The highest BCUT2D eigenvalue weighted by molar-refractivity contribution is 7.98. The minimum absolute atomic E-state index is 0.382. The topological polar surface area (TPSA) is 128 Å². The van der Waals surface area contributed by atoms with E-state index in [2.05, 4.69) is 41.3 Å². The van der Waals surface area contributed by atoms with Crippen LogP contribution in [-0.4, -0.2) is 70.7 Å². The van der Waals surface area contributed by atoms with E-state index in [1.165, 1.54) is 32.3 Å². The lowest BCUT2D eigenvalue weighted by Crippen LogP contribution is -2.28. The van der Waals surface area contributed by atoms with Crippen LogP contribution in [0.5, 0.6) is 5.75 Å². The summed E-state index contributed by atoms with van der Waals surface area (Å²) in [5.74, 6) is 5.47. The van der Waals surface area contributed by atoms with Gasteiger partial charge in [-0.15, -0.1) is 0 Å². The van der Waals surface area contributed by atoms with Gasteiger partial charge in [0.05, 0.1) is 28.6 Å². The van der Waals surface area contributed by atoms with Gasteiger partial charge in [0.1, 0.15) is 17.9 Å². The summed E-state index contributed by atoms with van der Waals surface area (Å²) in [5.41, 5.74) is 4.91. The van der Waals surface area contributed by atoms with Gasteiger partial charge < -0.3 is 20.4 Å². The summed E-state index contributed by atoms with van der Waals surface area (Å²) in [5, 5.41) is 15.3. The fraction of sp³-hybridized carbons (Fsp3) is 0.296. The van der Waals surface area contributed by atoms with Gasteiger partial charge in [0.15, 0.2) is 5.82 Å². The van der Waals surface area contributed by atoms with E-state index in [1.807, 2.05) is 36.4 Å². The molecule has 0 amide bonds. The van der Waals surface area contributed by atoms with Gasteiger partial charge >= 0.3 is 0 Å². The number of nitrogens with zero attached hydrogens (tertiary/aromatic N) is 4. The van der Waals surface area contributed by atoms with Crippen molar-refractivity contribution in [1.82, 2.24) is 19.6 Å². The number of rotatable bonds is 13. The first-order valence-corrected chi connectivity index (χ1v) is 14.2. The van der Waals surface area contributed by atoms with Gasteiger partial charge in [-0.25, -0.2) is 18.9 Å². The number of ether oxygens (including phenoxy) is 1. The molecule has 1 unspecified atom stereocenters. The highest BCUT2D eigenvalue weighted by Gasteiger charge is 2.12. The standard InChI is InChI=1S/C27H34N8O2S/c1-37-23-8-5-7-22(17-23)33-26-25(18-28)27(30-20-29-26)34-31-19-21-9-11-24(12-10-21)38(2,36)32-13-6-16-35-14-3-4-15-35/h5,7-12,17-20,28H,2-4,6,13-16H2,1H3,(H,32,36)(H2,29,30,33,34)/b28-18?,31-19+. The van der Waals surface area contributed by atoms with Crippen molar-refractivity contribution in [3.8, 4) is 5.75 Å². The quantitative estimate of drug-likeness (QED) is 0.114. The predicted octanol–water partition coefficient (Wildman–Crippen LogP) is 3.74. The zero-order valence-corrected chi connectivity index (χ0v) is 22.3. The Morgan fingerprint density at radius 3 is 2.66 bits per heavy atom. The lowest BCUT2D eigenvalue weighted by Gasteiger charge is -2.16. The van der Waals surface area contributed by atoms with Crippen LogP contribution in [-0.2, 0) is 9.71 Å². The lowest BCUT2D eigenvalue weighted by molar-refractivity contribution is 0.334. The van der Waals surface area contributed by atoms with E-state index >= 15 is 0 Å². The smallest absolute Gasteiger partial charge is 0.160 e. The van der Waals surface area contributed by atoms with Crippen LogP contribution in [0.1, 0.15) is 30.4 Å². The summed E-state index contributed by atoms with van der Waals surface area (Å²) in [6.07, 6.45) is 7.68. The number of hydrogen-bond donors (Lipinski definition) is 4. The Balaban J connectivity index is 1.34. The largest absolute Gasteiger partial charge is 0.497 e. The number of hydrazone groups is 1. The average Bonchev–Trinajstić information content (AvgIpc) is 3.45. The summed E-state index contributed by atoms with van der Waals surface area (Å²) in [6.45, 7) is 4.02. The molecule has 2 aromatic carbocycles. The van der Waals surface area contributed by atoms with Gasteiger partial charge in [0.2, 0.25) is 0 Å². The number of benzene rings is 2. The Morgan fingerprint density at radius 2 is 1.92 bits per heavy atom. The first kappa shape index (κ1) is 27.2. The van der Waals surface area contributed by atoms with Crippen molar-refractivity contribution in [1.29, 1.82) is 5.41 Å². The fourth-order valence-corrected chi connectivity index (χ4v) is 5.35. The molecule has 200 valence electrons.